The fourth-order valence-corrected chi connectivity index (χ4v) is 1.11. The summed E-state index contributed by atoms with van der Waals surface area (Å²) in [5.41, 5.74) is -0.917. The largest absolute Gasteiger partial charge is 0.468 e. The second kappa shape index (κ2) is 5.40. The van der Waals surface area contributed by atoms with Gasteiger partial charge in [0.05, 0.1) is 13.7 Å². The van der Waals surface area contributed by atoms with Crippen LogP contribution in [0.25, 0.3) is 0 Å². The van der Waals surface area contributed by atoms with Crippen LogP contribution in [0, 0.1) is 23.7 Å². The van der Waals surface area contributed by atoms with E-state index in [0.29, 0.717) is 0 Å². The van der Waals surface area contributed by atoms with Gasteiger partial charge in [-0.1, -0.05) is 5.92 Å². The van der Waals surface area contributed by atoms with Crippen LogP contribution in [-0.4, -0.2) is 25.7 Å². The van der Waals surface area contributed by atoms with E-state index >= 15 is 0 Å². The molecule has 0 heterocycles. The van der Waals surface area contributed by atoms with Crippen LogP contribution in [0.15, 0.2) is 0 Å². The number of carbonyl (C=O) groups excluding carboxylic acids is 2. The van der Waals surface area contributed by atoms with Crippen LogP contribution in [0.4, 0.5) is 0 Å². The van der Waals surface area contributed by atoms with Gasteiger partial charge in [-0.15, -0.1) is 6.42 Å². The molecule has 0 aliphatic rings. The maximum Gasteiger partial charge on any atom is 0.321 e. The average Bonchev–Trinajstić information content (AvgIpc) is 2.17. The van der Waals surface area contributed by atoms with Crippen molar-refractivity contribution < 1.29 is 19.1 Å². The molecule has 0 amide bonds. The quantitative estimate of drug-likeness (QED) is 0.396. The Hall–Kier alpha value is -1.50. The minimum atomic E-state index is -1.08. The van der Waals surface area contributed by atoms with Crippen molar-refractivity contribution in [1.29, 1.82) is 0 Å². The van der Waals surface area contributed by atoms with Crippen molar-refractivity contribution in [2.45, 2.75) is 20.8 Å². The lowest BCUT2D eigenvalue weighted by molar-refractivity contribution is -0.164. The predicted octanol–water partition coefficient (Wildman–Crippen LogP) is 0.998. The Morgan fingerprint density at radius 2 is 1.93 bits per heavy atom. The molecule has 0 bridgehead atoms. The highest BCUT2D eigenvalue weighted by Gasteiger charge is 2.41. The van der Waals surface area contributed by atoms with E-state index in [1.807, 2.05) is 0 Å². The van der Waals surface area contributed by atoms with Crippen LogP contribution in [0.2, 0.25) is 0 Å². The first-order chi connectivity index (χ1) is 6.90. The Morgan fingerprint density at radius 3 is 2.27 bits per heavy atom. The topological polar surface area (TPSA) is 52.6 Å². The molecule has 0 aromatic carbocycles. The Balaban J connectivity index is 5.00. The summed E-state index contributed by atoms with van der Waals surface area (Å²) in [5.74, 6) is 0.00182. The first kappa shape index (κ1) is 13.5. The number of terminal acetylenes is 1. The van der Waals surface area contributed by atoms with Crippen molar-refractivity contribution in [3.63, 3.8) is 0 Å². The molecule has 1 atom stereocenters. The zero-order valence-corrected chi connectivity index (χ0v) is 9.49. The highest BCUT2D eigenvalue weighted by Crippen LogP contribution is 2.28. The van der Waals surface area contributed by atoms with Gasteiger partial charge in [0.25, 0.3) is 0 Å². The molecule has 84 valence electrons. The first-order valence-corrected chi connectivity index (χ1v) is 4.63. The molecule has 0 saturated carbocycles. The van der Waals surface area contributed by atoms with Gasteiger partial charge in [-0.05, 0) is 20.8 Å². The van der Waals surface area contributed by atoms with Gasteiger partial charge in [-0.3, -0.25) is 9.59 Å². The molecule has 0 aliphatic heterocycles. The summed E-state index contributed by atoms with van der Waals surface area (Å²) in [7, 11) is 1.21. The zero-order chi connectivity index (χ0) is 12.1. The van der Waals surface area contributed by atoms with E-state index in [2.05, 4.69) is 10.7 Å². The number of hydrogen-bond acceptors (Lipinski definition) is 4. The molecule has 0 saturated heterocycles. The van der Waals surface area contributed by atoms with Crippen LogP contribution < -0.4 is 0 Å². The molecule has 0 spiro atoms. The first-order valence-electron chi connectivity index (χ1n) is 4.63. The van der Waals surface area contributed by atoms with Crippen molar-refractivity contribution in [2.24, 2.45) is 11.3 Å². The molecular formula is C11H16O4. The fraction of sp³-hybridized carbons (Fsp3) is 0.636. The number of ether oxygens (including phenoxy) is 2. The third kappa shape index (κ3) is 3.28. The Labute approximate surface area is 89.9 Å². The van der Waals surface area contributed by atoms with Crippen LogP contribution in [-0.2, 0) is 19.1 Å². The predicted molar refractivity (Wildman–Crippen MR) is 54.8 cm³/mol. The normalized spacial score (nSPS) is 12.5. The van der Waals surface area contributed by atoms with E-state index in [1.54, 1.807) is 20.8 Å². The van der Waals surface area contributed by atoms with Crippen LogP contribution in [0.3, 0.4) is 0 Å². The lowest BCUT2D eigenvalue weighted by Gasteiger charge is -2.25. The average molecular weight is 212 g/mol. The Morgan fingerprint density at radius 1 is 1.40 bits per heavy atom. The van der Waals surface area contributed by atoms with E-state index in [-0.39, 0.29) is 6.61 Å². The van der Waals surface area contributed by atoms with Gasteiger partial charge in [0, 0.05) is 5.41 Å². The Bertz CT molecular complexity index is 285. The minimum Gasteiger partial charge on any atom is -0.468 e. The highest BCUT2D eigenvalue weighted by molar-refractivity contribution is 5.96. The molecule has 0 fully saturated rings. The van der Waals surface area contributed by atoms with E-state index < -0.39 is 23.3 Å². The monoisotopic (exact) mass is 212 g/mol. The molecule has 0 aliphatic carbocycles. The number of rotatable bonds is 4. The van der Waals surface area contributed by atoms with Gasteiger partial charge < -0.3 is 9.47 Å². The lowest BCUT2D eigenvalue weighted by Crippen LogP contribution is -2.38. The molecule has 0 aromatic rings. The van der Waals surface area contributed by atoms with Gasteiger partial charge >= 0.3 is 11.9 Å². The molecular weight excluding hydrogens is 196 g/mol. The lowest BCUT2D eigenvalue weighted by atomic mass is 9.79. The molecule has 0 aromatic heterocycles. The smallest absolute Gasteiger partial charge is 0.321 e. The second-order valence-electron chi connectivity index (χ2n) is 3.57. The third-order valence-corrected chi connectivity index (χ3v) is 2.05. The molecule has 0 rings (SSSR count). The summed E-state index contributed by atoms with van der Waals surface area (Å²) in [5, 5.41) is 0. The van der Waals surface area contributed by atoms with Gasteiger partial charge in [-0.25, -0.2) is 0 Å². The summed E-state index contributed by atoms with van der Waals surface area (Å²) in [6.07, 6.45) is 5.27. The fourth-order valence-electron chi connectivity index (χ4n) is 1.11. The number of carbonyl (C=O) groups is 2. The van der Waals surface area contributed by atoms with E-state index in [0.717, 1.165) is 0 Å². The van der Waals surface area contributed by atoms with Gasteiger partial charge in [-0.2, -0.15) is 0 Å². The van der Waals surface area contributed by atoms with Crippen molar-refractivity contribution in [2.75, 3.05) is 13.7 Å². The molecule has 4 nitrogen and oxygen atoms in total. The van der Waals surface area contributed by atoms with Crippen molar-refractivity contribution in [3.05, 3.63) is 0 Å². The standard InChI is InChI=1S/C11H16O4/c1-6-11(3,4)8(9(12)14-5)10(13)15-7-2/h1,8H,7H2,2-5H3. The van der Waals surface area contributed by atoms with Gasteiger partial charge in [0.15, 0.2) is 5.92 Å². The minimum absolute atomic E-state index is 0.201. The van der Waals surface area contributed by atoms with Crippen molar-refractivity contribution in [1.82, 2.24) is 0 Å². The molecule has 1 unspecified atom stereocenters. The summed E-state index contributed by atoms with van der Waals surface area (Å²) in [6, 6.07) is 0. The van der Waals surface area contributed by atoms with E-state index in [9.17, 15) is 9.59 Å². The summed E-state index contributed by atoms with van der Waals surface area (Å²) >= 11 is 0. The van der Waals surface area contributed by atoms with Crippen LogP contribution in [0.1, 0.15) is 20.8 Å². The van der Waals surface area contributed by atoms with Crippen molar-refractivity contribution in [3.8, 4) is 12.3 Å². The van der Waals surface area contributed by atoms with E-state index in [1.165, 1.54) is 7.11 Å². The highest BCUT2D eigenvalue weighted by atomic mass is 16.5. The maximum absolute atomic E-state index is 11.5. The molecule has 15 heavy (non-hydrogen) atoms. The zero-order valence-electron chi connectivity index (χ0n) is 9.49. The Kier molecular flexibility index (Phi) is 4.86. The second-order valence-corrected chi connectivity index (χ2v) is 3.57. The summed E-state index contributed by atoms with van der Waals surface area (Å²) < 4.78 is 9.31. The summed E-state index contributed by atoms with van der Waals surface area (Å²) in [4.78, 5) is 22.9. The maximum atomic E-state index is 11.5. The van der Waals surface area contributed by atoms with Crippen LogP contribution in [0.5, 0.6) is 0 Å². The van der Waals surface area contributed by atoms with Gasteiger partial charge in [0.1, 0.15) is 0 Å². The molecule has 4 heteroatoms. The third-order valence-electron chi connectivity index (χ3n) is 2.05. The number of hydrogen-bond donors (Lipinski definition) is 0. The summed E-state index contributed by atoms with van der Waals surface area (Å²) in [6.45, 7) is 5.10. The SMILES string of the molecule is C#CC(C)(C)C(C(=O)OC)C(=O)OCC. The van der Waals surface area contributed by atoms with Crippen molar-refractivity contribution >= 4 is 11.9 Å². The number of esters is 2. The van der Waals surface area contributed by atoms with Gasteiger partial charge in [0.2, 0.25) is 0 Å². The molecule has 0 radical (unpaired) electrons. The number of methoxy groups -OCH3 is 1. The molecule has 0 N–H and O–H groups in total. The van der Waals surface area contributed by atoms with E-state index in [4.69, 9.17) is 11.2 Å². The van der Waals surface area contributed by atoms with Crippen LogP contribution >= 0.6 is 0 Å².